The summed E-state index contributed by atoms with van der Waals surface area (Å²) >= 11 is 3.39. The predicted octanol–water partition coefficient (Wildman–Crippen LogP) is 3.64. The molecule has 30 heavy (non-hydrogen) atoms. The lowest BCUT2D eigenvalue weighted by molar-refractivity contribution is -0.120. The lowest BCUT2D eigenvalue weighted by atomic mass is 10.0. The lowest BCUT2D eigenvalue weighted by Gasteiger charge is -2.21. The van der Waals surface area contributed by atoms with Gasteiger partial charge in [-0.3, -0.25) is 4.79 Å². The summed E-state index contributed by atoms with van der Waals surface area (Å²) in [6.45, 7) is 1.75. The first-order valence-corrected chi connectivity index (χ1v) is 10.2. The van der Waals surface area contributed by atoms with Crippen molar-refractivity contribution in [2.24, 2.45) is 0 Å². The average Bonchev–Trinajstić information content (AvgIpc) is 2.85. The van der Waals surface area contributed by atoms with E-state index in [1.807, 2.05) is 36.4 Å². The highest BCUT2D eigenvalue weighted by molar-refractivity contribution is 9.10. The standard InChI is InChI=1S/C22H23BrN4O3/c1-14(16(12-24)10-15-6-4-3-5-7-15)25-22(29)26-18-13-30-20-9-8-17(23)11-19(20)27(2)21(18)28/h3-9,11-12,18,24H,10,13H2,1-2H3,(H2,25,26,29)/b16-14-,24-12?/t18-/m0/s1. The van der Waals surface area contributed by atoms with E-state index in [2.05, 4.69) is 26.6 Å². The average molecular weight is 471 g/mol. The van der Waals surface area contributed by atoms with Gasteiger partial charge in [0.2, 0.25) is 0 Å². The molecular weight excluding hydrogens is 448 g/mol. The van der Waals surface area contributed by atoms with Crippen LogP contribution >= 0.6 is 15.9 Å². The van der Waals surface area contributed by atoms with E-state index in [-0.39, 0.29) is 12.5 Å². The second kappa shape index (κ2) is 9.58. The molecule has 8 heteroatoms. The first-order chi connectivity index (χ1) is 14.4. The van der Waals surface area contributed by atoms with E-state index in [9.17, 15) is 9.59 Å². The Labute approximate surface area is 183 Å². The molecule has 1 aliphatic rings. The van der Waals surface area contributed by atoms with Crippen molar-refractivity contribution in [2.45, 2.75) is 19.4 Å². The number of rotatable bonds is 5. The monoisotopic (exact) mass is 470 g/mol. The topological polar surface area (TPSA) is 94.5 Å². The van der Waals surface area contributed by atoms with Gasteiger partial charge in [0.05, 0.1) is 5.69 Å². The molecule has 0 fully saturated rings. The summed E-state index contributed by atoms with van der Waals surface area (Å²) in [7, 11) is 1.65. The molecule has 1 heterocycles. The maximum Gasteiger partial charge on any atom is 0.319 e. The first-order valence-electron chi connectivity index (χ1n) is 9.40. The zero-order valence-electron chi connectivity index (χ0n) is 16.7. The number of halogens is 1. The van der Waals surface area contributed by atoms with Crippen molar-refractivity contribution in [1.29, 1.82) is 5.41 Å². The van der Waals surface area contributed by atoms with Crippen molar-refractivity contribution in [3.63, 3.8) is 0 Å². The quantitative estimate of drug-likeness (QED) is 0.582. The minimum atomic E-state index is -0.841. The molecule has 1 atom stereocenters. The maximum absolute atomic E-state index is 12.8. The molecule has 0 bridgehead atoms. The van der Waals surface area contributed by atoms with Crippen LogP contribution in [0, 0.1) is 5.41 Å². The molecule has 3 N–H and O–H groups in total. The van der Waals surface area contributed by atoms with Gasteiger partial charge in [-0.25, -0.2) is 4.79 Å². The number of hydrogen-bond donors (Lipinski definition) is 3. The number of allylic oxidation sites excluding steroid dienone is 2. The van der Waals surface area contributed by atoms with E-state index in [4.69, 9.17) is 10.1 Å². The van der Waals surface area contributed by atoms with Crippen LogP contribution in [0.1, 0.15) is 12.5 Å². The third-order valence-corrected chi connectivity index (χ3v) is 5.31. The van der Waals surface area contributed by atoms with Crippen LogP contribution in [0.3, 0.4) is 0 Å². The van der Waals surface area contributed by atoms with Crippen LogP contribution in [0.2, 0.25) is 0 Å². The SMILES string of the molecule is C/C(NC(=O)N[C@H]1COc2ccc(Br)cc2N(C)C1=O)=C(/C=N)Cc1ccccc1. The fourth-order valence-electron chi connectivity index (χ4n) is 3.13. The van der Waals surface area contributed by atoms with Crippen molar-refractivity contribution in [2.75, 3.05) is 18.6 Å². The van der Waals surface area contributed by atoms with Gasteiger partial charge in [-0.05, 0) is 36.3 Å². The molecular formula is C22H23BrN4O3. The van der Waals surface area contributed by atoms with Crippen LogP contribution in [0.4, 0.5) is 10.5 Å². The third-order valence-electron chi connectivity index (χ3n) is 4.82. The second-order valence-corrected chi connectivity index (χ2v) is 7.84. The van der Waals surface area contributed by atoms with Gasteiger partial charge in [0.15, 0.2) is 0 Å². The van der Waals surface area contributed by atoms with Gasteiger partial charge in [-0.15, -0.1) is 0 Å². The van der Waals surface area contributed by atoms with Crippen LogP contribution in [0.5, 0.6) is 5.75 Å². The van der Waals surface area contributed by atoms with Gasteiger partial charge >= 0.3 is 6.03 Å². The van der Waals surface area contributed by atoms with Crippen LogP contribution < -0.4 is 20.3 Å². The summed E-state index contributed by atoms with van der Waals surface area (Å²) in [5.74, 6) is 0.295. The Morgan fingerprint density at radius 1 is 1.30 bits per heavy atom. The molecule has 2 aromatic rings. The first kappa shape index (κ1) is 21.6. The van der Waals surface area contributed by atoms with Gasteiger partial charge in [0.1, 0.15) is 18.4 Å². The fraction of sp³-hybridized carbons (Fsp3) is 0.227. The number of fused-ring (bicyclic) bond motifs is 1. The zero-order valence-corrected chi connectivity index (χ0v) is 18.3. The molecule has 3 rings (SSSR count). The minimum Gasteiger partial charge on any atom is -0.489 e. The molecule has 3 amide bonds. The highest BCUT2D eigenvalue weighted by Crippen LogP contribution is 2.33. The lowest BCUT2D eigenvalue weighted by Crippen LogP contribution is -2.52. The summed E-state index contributed by atoms with van der Waals surface area (Å²) in [6.07, 6.45) is 1.75. The molecule has 0 aliphatic carbocycles. The van der Waals surface area contributed by atoms with Crippen LogP contribution in [0.15, 0.2) is 64.3 Å². The summed E-state index contributed by atoms with van der Waals surface area (Å²) < 4.78 is 6.56. The number of likely N-dealkylation sites (N-methyl/N-ethyl adjacent to an activating group) is 1. The van der Waals surface area contributed by atoms with Gasteiger partial charge < -0.3 is 25.7 Å². The smallest absolute Gasteiger partial charge is 0.319 e. The fourth-order valence-corrected chi connectivity index (χ4v) is 3.48. The summed E-state index contributed by atoms with van der Waals surface area (Å²) in [6, 6.07) is 13.7. The molecule has 0 aromatic heterocycles. The number of nitrogens with one attached hydrogen (secondary N) is 3. The third kappa shape index (κ3) is 5.07. The largest absolute Gasteiger partial charge is 0.489 e. The van der Waals surface area contributed by atoms with Crippen molar-refractivity contribution < 1.29 is 14.3 Å². The van der Waals surface area contributed by atoms with Crippen molar-refractivity contribution in [3.8, 4) is 5.75 Å². The van der Waals surface area contributed by atoms with Gasteiger partial charge in [-0.1, -0.05) is 46.3 Å². The Hall–Kier alpha value is -3.13. The number of hydrogen-bond acceptors (Lipinski definition) is 4. The van der Waals surface area contributed by atoms with Crippen LogP contribution in [0.25, 0.3) is 0 Å². The van der Waals surface area contributed by atoms with E-state index in [1.165, 1.54) is 11.1 Å². The van der Waals surface area contributed by atoms with E-state index < -0.39 is 12.1 Å². The van der Waals surface area contributed by atoms with E-state index in [0.29, 0.717) is 29.1 Å². The molecule has 2 aromatic carbocycles. The number of anilines is 1. The molecule has 0 spiro atoms. The highest BCUT2D eigenvalue weighted by atomic mass is 79.9. The Bertz CT molecular complexity index is 991. The summed E-state index contributed by atoms with van der Waals surface area (Å²) in [5, 5.41) is 13.1. The number of benzene rings is 2. The maximum atomic E-state index is 12.8. The van der Waals surface area contributed by atoms with Gasteiger partial charge in [0.25, 0.3) is 5.91 Å². The Morgan fingerprint density at radius 3 is 2.73 bits per heavy atom. The van der Waals surface area contributed by atoms with Crippen LogP contribution in [-0.2, 0) is 11.2 Å². The van der Waals surface area contributed by atoms with E-state index in [1.54, 1.807) is 26.1 Å². The molecule has 0 unspecified atom stereocenters. The minimum absolute atomic E-state index is 0.0232. The number of urea groups is 1. The molecule has 156 valence electrons. The van der Waals surface area contributed by atoms with E-state index in [0.717, 1.165) is 10.0 Å². The number of ether oxygens (including phenoxy) is 1. The predicted molar refractivity (Wildman–Crippen MR) is 120 cm³/mol. The van der Waals surface area contributed by atoms with E-state index >= 15 is 0 Å². The number of carbonyl (C=O) groups excluding carboxylic acids is 2. The number of nitrogens with zero attached hydrogens (tertiary/aromatic N) is 1. The molecule has 1 aliphatic heterocycles. The molecule has 7 nitrogen and oxygen atoms in total. The Kier molecular flexibility index (Phi) is 6.89. The Balaban J connectivity index is 1.68. The van der Waals surface area contributed by atoms with Crippen molar-refractivity contribution >= 4 is 39.8 Å². The summed E-state index contributed by atoms with van der Waals surface area (Å²) in [4.78, 5) is 26.8. The molecule has 0 saturated heterocycles. The molecule has 0 saturated carbocycles. The molecule has 0 radical (unpaired) electrons. The highest BCUT2D eigenvalue weighted by Gasteiger charge is 2.30. The van der Waals surface area contributed by atoms with Crippen molar-refractivity contribution in [1.82, 2.24) is 10.6 Å². The number of amides is 3. The normalized spacial score (nSPS) is 16.6. The Morgan fingerprint density at radius 2 is 2.03 bits per heavy atom. The second-order valence-electron chi connectivity index (χ2n) is 6.93. The van der Waals surface area contributed by atoms with Crippen LogP contribution in [-0.4, -0.2) is 37.8 Å². The van der Waals surface area contributed by atoms with Crippen molar-refractivity contribution in [3.05, 3.63) is 69.8 Å². The number of carbonyl (C=O) groups is 2. The summed E-state index contributed by atoms with van der Waals surface area (Å²) in [5.41, 5.74) is 2.89. The van der Waals surface area contributed by atoms with Gasteiger partial charge in [0, 0.05) is 29.9 Å². The van der Waals surface area contributed by atoms with Gasteiger partial charge in [-0.2, -0.15) is 0 Å². The zero-order chi connectivity index (χ0) is 21.7.